The molecule has 0 aliphatic rings. The molecule has 2 rings (SSSR count). The van der Waals surface area contributed by atoms with E-state index in [-0.39, 0.29) is 12.3 Å². The third kappa shape index (κ3) is 3.60. The molecule has 0 saturated carbocycles. The molecule has 5 heteroatoms. The normalized spacial score (nSPS) is 11.6. The average molecular weight is 275 g/mol. The minimum atomic E-state index is -0.790. The zero-order valence-corrected chi connectivity index (χ0v) is 10.7. The standard InChI is InChI=1S/C14H11ClN2O2/c15-11-3-5-12(6-4-11)17-14(18)10(9-16)8-13-2-1-7-19-13/h1-7,10H,8H2,(H,17,18). The van der Waals surface area contributed by atoms with Crippen molar-refractivity contribution in [2.45, 2.75) is 6.42 Å². The third-order valence-electron chi connectivity index (χ3n) is 2.57. The Morgan fingerprint density at radius 1 is 1.37 bits per heavy atom. The Balaban J connectivity index is 2.01. The van der Waals surface area contributed by atoms with E-state index in [0.29, 0.717) is 16.5 Å². The van der Waals surface area contributed by atoms with E-state index < -0.39 is 5.92 Å². The molecule has 0 aliphatic heterocycles. The van der Waals surface area contributed by atoms with Crippen LogP contribution >= 0.6 is 11.6 Å². The highest BCUT2D eigenvalue weighted by molar-refractivity contribution is 6.30. The van der Waals surface area contributed by atoms with Gasteiger partial charge in [0.1, 0.15) is 11.7 Å². The molecular formula is C14H11ClN2O2. The lowest BCUT2D eigenvalue weighted by Gasteiger charge is -2.09. The average Bonchev–Trinajstić information content (AvgIpc) is 2.91. The lowest BCUT2D eigenvalue weighted by Crippen LogP contribution is -2.23. The first-order chi connectivity index (χ1) is 9.19. The molecule has 1 aromatic heterocycles. The molecule has 1 amide bonds. The van der Waals surface area contributed by atoms with Gasteiger partial charge in [-0.2, -0.15) is 5.26 Å². The van der Waals surface area contributed by atoms with Crippen LogP contribution in [0.2, 0.25) is 5.02 Å². The maximum absolute atomic E-state index is 11.9. The van der Waals surface area contributed by atoms with Crippen molar-refractivity contribution in [3.63, 3.8) is 0 Å². The van der Waals surface area contributed by atoms with Crippen LogP contribution in [0.4, 0.5) is 5.69 Å². The maximum atomic E-state index is 11.9. The molecule has 1 unspecified atom stereocenters. The van der Waals surface area contributed by atoms with Crippen LogP contribution in [0.3, 0.4) is 0 Å². The van der Waals surface area contributed by atoms with E-state index in [1.807, 2.05) is 6.07 Å². The van der Waals surface area contributed by atoms with Crippen LogP contribution in [0.25, 0.3) is 0 Å². The third-order valence-corrected chi connectivity index (χ3v) is 2.82. The highest BCUT2D eigenvalue weighted by Crippen LogP contribution is 2.16. The fourth-order valence-corrected chi connectivity index (χ4v) is 1.72. The Kier molecular flexibility index (Phi) is 4.22. The molecule has 19 heavy (non-hydrogen) atoms. The fourth-order valence-electron chi connectivity index (χ4n) is 1.59. The van der Waals surface area contributed by atoms with E-state index in [0.717, 1.165) is 0 Å². The number of halogens is 1. The van der Waals surface area contributed by atoms with E-state index in [2.05, 4.69) is 5.32 Å². The maximum Gasteiger partial charge on any atom is 0.242 e. The topological polar surface area (TPSA) is 66.0 Å². The summed E-state index contributed by atoms with van der Waals surface area (Å²) in [4.78, 5) is 11.9. The molecule has 0 spiro atoms. The van der Waals surface area contributed by atoms with Gasteiger partial charge in [0.05, 0.1) is 12.3 Å². The predicted octanol–water partition coefficient (Wildman–Crippen LogP) is 3.25. The molecule has 0 aliphatic carbocycles. The molecular weight excluding hydrogens is 264 g/mol. The van der Waals surface area contributed by atoms with Crippen molar-refractivity contribution < 1.29 is 9.21 Å². The van der Waals surface area contributed by atoms with Gasteiger partial charge in [-0.25, -0.2) is 0 Å². The highest BCUT2D eigenvalue weighted by atomic mass is 35.5. The van der Waals surface area contributed by atoms with Gasteiger partial charge in [-0.05, 0) is 36.4 Å². The largest absolute Gasteiger partial charge is 0.469 e. The quantitative estimate of drug-likeness (QED) is 0.930. The zero-order chi connectivity index (χ0) is 13.7. The van der Waals surface area contributed by atoms with E-state index in [1.54, 1.807) is 36.4 Å². The van der Waals surface area contributed by atoms with Crippen molar-refractivity contribution in [3.8, 4) is 6.07 Å². The van der Waals surface area contributed by atoms with Crippen LogP contribution in [0.1, 0.15) is 5.76 Å². The summed E-state index contributed by atoms with van der Waals surface area (Å²) in [5.74, 6) is -0.541. The highest BCUT2D eigenvalue weighted by Gasteiger charge is 2.19. The molecule has 0 bridgehead atoms. The lowest BCUT2D eigenvalue weighted by molar-refractivity contribution is -0.118. The number of hydrogen-bond donors (Lipinski definition) is 1. The van der Waals surface area contributed by atoms with Gasteiger partial charge in [0, 0.05) is 17.1 Å². The van der Waals surface area contributed by atoms with Crippen molar-refractivity contribution >= 4 is 23.2 Å². The molecule has 0 fully saturated rings. The molecule has 2 aromatic rings. The molecule has 96 valence electrons. The number of amides is 1. The molecule has 1 N–H and O–H groups in total. The van der Waals surface area contributed by atoms with Crippen LogP contribution < -0.4 is 5.32 Å². The minimum Gasteiger partial charge on any atom is -0.469 e. The van der Waals surface area contributed by atoms with Crippen LogP contribution in [0, 0.1) is 17.2 Å². The summed E-state index contributed by atoms with van der Waals surface area (Å²) in [5, 5.41) is 12.3. The number of furan rings is 1. The first kappa shape index (κ1) is 13.2. The van der Waals surface area contributed by atoms with Crippen LogP contribution in [-0.4, -0.2) is 5.91 Å². The van der Waals surface area contributed by atoms with Gasteiger partial charge < -0.3 is 9.73 Å². The SMILES string of the molecule is N#CC(Cc1ccco1)C(=O)Nc1ccc(Cl)cc1. The second kappa shape index (κ2) is 6.07. The summed E-state index contributed by atoms with van der Waals surface area (Å²) in [5.41, 5.74) is 0.606. The second-order valence-corrected chi connectivity index (χ2v) is 4.40. The van der Waals surface area contributed by atoms with E-state index in [1.165, 1.54) is 6.26 Å². The monoisotopic (exact) mass is 274 g/mol. The molecule has 1 aromatic carbocycles. The molecule has 0 radical (unpaired) electrons. The predicted molar refractivity (Wildman–Crippen MR) is 71.6 cm³/mol. The summed E-state index contributed by atoms with van der Waals surface area (Å²) in [7, 11) is 0. The van der Waals surface area contributed by atoms with Crippen LogP contribution in [0.5, 0.6) is 0 Å². The van der Waals surface area contributed by atoms with Crippen molar-refractivity contribution in [1.82, 2.24) is 0 Å². The van der Waals surface area contributed by atoms with Crippen molar-refractivity contribution in [2.24, 2.45) is 5.92 Å². The first-order valence-corrected chi connectivity index (χ1v) is 6.05. The number of carbonyl (C=O) groups is 1. The summed E-state index contributed by atoms with van der Waals surface area (Å²) in [6.07, 6.45) is 1.77. The number of carbonyl (C=O) groups excluding carboxylic acids is 1. The Bertz CT molecular complexity index is 585. The summed E-state index contributed by atoms with van der Waals surface area (Å²) < 4.78 is 5.13. The van der Waals surface area contributed by atoms with Gasteiger partial charge in [0.15, 0.2) is 0 Å². The van der Waals surface area contributed by atoms with Crippen molar-refractivity contribution in [1.29, 1.82) is 5.26 Å². The fraction of sp³-hybridized carbons (Fsp3) is 0.143. The summed E-state index contributed by atoms with van der Waals surface area (Å²) >= 11 is 5.76. The minimum absolute atomic E-state index is 0.253. The van der Waals surface area contributed by atoms with Gasteiger partial charge in [-0.3, -0.25) is 4.79 Å². The lowest BCUT2D eigenvalue weighted by atomic mass is 10.0. The summed E-state index contributed by atoms with van der Waals surface area (Å²) in [6.45, 7) is 0. The molecule has 4 nitrogen and oxygen atoms in total. The number of benzene rings is 1. The number of nitrogens with zero attached hydrogens (tertiary/aromatic N) is 1. The van der Waals surface area contributed by atoms with Crippen molar-refractivity contribution in [2.75, 3.05) is 5.32 Å². The van der Waals surface area contributed by atoms with Gasteiger partial charge in [-0.1, -0.05) is 11.6 Å². The number of hydrogen-bond acceptors (Lipinski definition) is 3. The first-order valence-electron chi connectivity index (χ1n) is 5.67. The Labute approximate surface area is 115 Å². The number of nitriles is 1. The van der Waals surface area contributed by atoms with E-state index in [4.69, 9.17) is 21.3 Å². The molecule has 1 heterocycles. The number of rotatable bonds is 4. The molecule has 0 saturated heterocycles. The Morgan fingerprint density at radius 2 is 2.11 bits per heavy atom. The Morgan fingerprint density at radius 3 is 2.68 bits per heavy atom. The second-order valence-electron chi connectivity index (χ2n) is 3.96. The van der Waals surface area contributed by atoms with E-state index in [9.17, 15) is 4.79 Å². The van der Waals surface area contributed by atoms with Gasteiger partial charge in [-0.15, -0.1) is 0 Å². The van der Waals surface area contributed by atoms with Crippen molar-refractivity contribution in [3.05, 3.63) is 53.4 Å². The number of anilines is 1. The van der Waals surface area contributed by atoms with Crippen LogP contribution in [-0.2, 0) is 11.2 Å². The van der Waals surface area contributed by atoms with Gasteiger partial charge in [0.2, 0.25) is 5.91 Å². The Hall–Kier alpha value is -2.25. The van der Waals surface area contributed by atoms with Crippen LogP contribution in [0.15, 0.2) is 47.1 Å². The van der Waals surface area contributed by atoms with Gasteiger partial charge in [0.25, 0.3) is 0 Å². The zero-order valence-electron chi connectivity index (χ0n) is 9.97. The smallest absolute Gasteiger partial charge is 0.242 e. The molecule has 1 atom stereocenters. The van der Waals surface area contributed by atoms with E-state index >= 15 is 0 Å². The summed E-state index contributed by atoms with van der Waals surface area (Å²) in [6, 6.07) is 12.1. The van der Waals surface area contributed by atoms with Gasteiger partial charge >= 0.3 is 0 Å². The number of nitrogens with one attached hydrogen (secondary N) is 1.